The molecule has 1 nitrogen and oxygen atoms in total. The van der Waals surface area contributed by atoms with Gasteiger partial charge in [0.2, 0.25) is 0 Å². The van der Waals surface area contributed by atoms with Gasteiger partial charge in [-0.1, -0.05) is 5.92 Å². The Hall–Kier alpha value is -0.480. The predicted molar refractivity (Wildman–Crippen MR) is 32.4 cm³/mol. The zero-order valence-corrected chi connectivity index (χ0v) is 4.89. The topological polar surface area (TPSA) is 9.23 Å². The predicted octanol–water partition coefficient (Wildman–Crippen LogP) is 1.19. The van der Waals surface area contributed by atoms with E-state index in [0.717, 1.165) is 13.0 Å². The van der Waals surface area contributed by atoms with Crippen molar-refractivity contribution < 1.29 is 4.74 Å². The quantitative estimate of drug-likeness (QED) is 0.425. The van der Waals surface area contributed by atoms with Crippen LogP contribution in [0.25, 0.3) is 0 Å². The maximum Gasteiger partial charge on any atom is 0.117 e. The minimum atomic E-state index is 0.115. The molecule has 1 atom stereocenters. The van der Waals surface area contributed by atoms with E-state index in [9.17, 15) is 0 Å². The zero-order valence-electron chi connectivity index (χ0n) is 4.89. The molecule has 44 valence electrons. The van der Waals surface area contributed by atoms with Crippen molar-refractivity contribution in [1.82, 2.24) is 0 Å². The molecule has 0 spiro atoms. The Kier molecular flexibility index (Phi) is 1.93. The van der Waals surface area contributed by atoms with Crippen LogP contribution >= 0.6 is 0 Å². The summed E-state index contributed by atoms with van der Waals surface area (Å²) >= 11 is 0. The zero-order chi connectivity index (χ0) is 5.82. The largest absolute Gasteiger partial charge is 0.366 e. The summed E-state index contributed by atoms with van der Waals surface area (Å²) in [5.41, 5.74) is 0. The molecule has 1 aliphatic rings. The van der Waals surface area contributed by atoms with Gasteiger partial charge in [0.15, 0.2) is 0 Å². The van der Waals surface area contributed by atoms with Gasteiger partial charge in [0.1, 0.15) is 6.10 Å². The summed E-state index contributed by atoms with van der Waals surface area (Å²) in [6, 6.07) is 0. The molecule has 1 saturated heterocycles. The fraction of sp³-hybridized carbons (Fsp3) is 0.714. The summed E-state index contributed by atoms with van der Waals surface area (Å²) in [6.45, 7) is 0.856. The molecule has 1 heteroatoms. The van der Waals surface area contributed by atoms with E-state index >= 15 is 0 Å². The second-order valence-corrected chi connectivity index (χ2v) is 2.02. The molecule has 0 N–H and O–H groups in total. The highest BCUT2D eigenvalue weighted by Gasteiger charge is 2.08. The third kappa shape index (κ3) is 1.24. The molecule has 0 amide bonds. The van der Waals surface area contributed by atoms with Gasteiger partial charge in [-0.3, -0.25) is 0 Å². The molecule has 0 aromatic rings. The van der Waals surface area contributed by atoms with E-state index in [4.69, 9.17) is 11.2 Å². The highest BCUT2D eigenvalue weighted by molar-refractivity contribution is 4.95. The Morgan fingerprint density at radius 3 is 2.75 bits per heavy atom. The van der Waals surface area contributed by atoms with Crippen LogP contribution in [0.4, 0.5) is 0 Å². The van der Waals surface area contributed by atoms with Crippen LogP contribution in [0.1, 0.15) is 19.3 Å². The molecule has 0 radical (unpaired) electrons. The molecule has 0 aliphatic carbocycles. The highest BCUT2D eigenvalue weighted by atomic mass is 16.5. The van der Waals surface area contributed by atoms with Gasteiger partial charge in [0.05, 0.1) is 0 Å². The SMILES string of the molecule is C#C[C@H]1CCCCO1. The number of hydrogen-bond donors (Lipinski definition) is 0. The second kappa shape index (κ2) is 2.74. The molecule has 0 saturated carbocycles. The lowest BCUT2D eigenvalue weighted by Crippen LogP contribution is -2.16. The summed E-state index contributed by atoms with van der Waals surface area (Å²) in [7, 11) is 0. The Labute approximate surface area is 50.0 Å². The highest BCUT2D eigenvalue weighted by Crippen LogP contribution is 2.10. The minimum absolute atomic E-state index is 0.115. The molecule has 1 rings (SSSR count). The Morgan fingerprint density at radius 1 is 1.50 bits per heavy atom. The number of terminal acetylenes is 1. The van der Waals surface area contributed by atoms with E-state index in [1.807, 2.05) is 0 Å². The van der Waals surface area contributed by atoms with Gasteiger partial charge in [-0.25, -0.2) is 0 Å². The van der Waals surface area contributed by atoms with Gasteiger partial charge in [0, 0.05) is 6.61 Å². The van der Waals surface area contributed by atoms with Gasteiger partial charge in [-0.15, -0.1) is 6.42 Å². The summed E-state index contributed by atoms with van der Waals surface area (Å²) in [5, 5.41) is 0. The lowest BCUT2D eigenvalue weighted by atomic mass is 10.1. The lowest BCUT2D eigenvalue weighted by molar-refractivity contribution is 0.0526. The molecular weight excluding hydrogens is 100 g/mol. The van der Waals surface area contributed by atoms with Crippen LogP contribution in [-0.4, -0.2) is 12.7 Å². The van der Waals surface area contributed by atoms with Crippen LogP contribution < -0.4 is 0 Å². The fourth-order valence-corrected chi connectivity index (χ4v) is 0.872. The molecule has 1 fully saturated rings. The standard InChI is InChI=1S/C7H10O/c1-2-7-5-3-4-6-8-7/h1,7H,3-6H2/t7-/m0/s1. The van der Waals surface area contributed by atoms with E-state index < -0.39 is 0 Å². The lowest BCUT2D eigenvalue weighted by Gasteiger charge is -2.16. The van der Waals surface area contributed by atoms with E-state index in [0.29, 0.717) is 0 Å². The van der Waals surface area contributed by atoms with Crippen LogP contribution in [0.2, 0.25) is 0 Å². The Balaban J connectivity index is 2.25. The third-order valence-electron chi connectivity index (χ3n) is 1.37. The molecule has 1 aliphatic heterocycles. The van der Waals surface area contributed by atoms with Crippen LogP contribution in [-0.2, 0) is 4.74 Å². The smallest absolute Gasteiger partial charge is 0.117 e. The molecule has 1 heterocycles. The van der Waals surface area contributed by atoms with Crippen molar-refractivity contribution in [3.8, 4) is 12.3 Å². The fourth-order valence-electron chi connectivity index (χ4n) is 0.872. The van der Waals surface area contributed by atoms with Crippen LogP contribution in [0.3, 0.4) is 0 Å². The third-order valence-corrected chi connectivity index (χ3v) is 1.37. The Bertz CT molecular complexity index is 95.4. The molecule has 0 unspecified atom stereocenters. The van der Waals surface area contributed by atoms with Crippen molar-refractivity contribution in [3.05, 3.63) is 0 Å². The van der Waals surface area contributed by atoms with Gasteiger partial charge in [0.25, 0.3) is 0 Å². The van der Waals surface area contributed by atoms with E-state index in [-0.39, 0.29) is 6.10 Å². The second-order valence-electron chi connectivity index (χ2n) is 2.02. The van der Waals surface area contributed by atoms with Crippen molar-refractivity contribution in [2.24, 2.45) is 0 Å². The van der Waals surface area contributed by atoms with Crippen molar-refractivity contribution in [2.75, 3.05) is 6.61 Å². The molecule has 0 aromatic heterocycles. The maximum absolute atomic E-state index is 5.19. The average molecular weight is 110 g/mol. The summed E-state index contributed by atoms with van der Waals surface area (Å²) in [5.74, 6) is 2.58. The van der Waals surface area contributed by atoms with Crippen LogP contribution in [0.5, 0.6) is 0 Å². The number of ether oxygens (including phenoxy) is 1. The van der Waals surface area contributed by atoms with Gasteiger partial charge in [-0.2, -0.15) is 0 Å². The molecular formula is C7H10O. The maximum atomic E-state index is 5.19. The van der Waals surface area contributed by atoms with Crippen LogP contribution in [0, 0.1) is 12.3 Å². The van der Waals surface area contributed by atoms with Crippen molar-refractivity contribution >= 4 is 0 Å². The van der Waals surface area contributed by atoms with Crippen molar-refractivity contribution in [1.29, 1.82) is 0 Å². The van der Waals surface area contributed by atoms with E-state index in [2.05, 4.69) is 5.92 Å². The molecule has 8 heavy (non-hydrogen) atoms. The monoisotopic (exact) mass is 110 g/mol. The first-order valence-electron chi connectivity index (χ1n) is 3.01. The van der Waals surface area contributed by atoms with E-state index in [1.54, 1.807) is 0 Å². The number of hydrogen-bond acceptors (Lipinski definition) is 1. The number of rotatable bonds is 0. The van der Waals surface area contributed by atoms with E-state index in [1.165, 1.54) is 12.8 Å². The van der Waals surface area contributed by atoms with Crippen molar-refractivity contribution in [2.45, 2.75) is 25.4 Å². The first-order chi connectivity index (χ1) is 3.93. The molecule has 0 bridgehead atoms. The minimum Gasteiger partial charge on any atom is -0.366 e. The average Bonchev–Trinajstić information content (AvgIpc) is 1.90. The van der Waals surface area contributed by atoms with Gasteiger partial charge in [-0.05, 0) is 19.3 Å². The Morgan fingerprint density at radius 2 is 2.38 bits per heavy atom. The summed E-state index contributed by atoms with van der Waals surface area (Å²) in [4.78, 5) is 0. The summed E-state index contributed by atoms with van der Waals surface area (Å²) < 4.78 is 5.19. The first kappa shape index (κ1) is 5.65. The summed E-state index contributed by atoms with van der Waals surface area (Å²) in [6.07, 6.45) is 8.70. The normalized spacial score (nSPS) is 29.1. The van der Waals surface area contributed by atoms with Gasteiger partial charge < -0.3 is 4.74 Å². The first-order valence-corrected chi connectivity index (χ1v) is 3.01. The molecule has 0 aromatic carbocycles. The van der Waals surface area contributed by atoms with Crippen molar-refractivity contribution in [3.63, 3.8) is 0 Å². The van der Waals surface area contributed by atoms with Gasteiger partial charge >= 0.3 is 0 Å². The van der Waals surface area contributed by atoms with Crippen LogP contribution in [0.15, 0.2) is 0 Å².